The number of aromatic nitrogens is 2. The molecule has 3 heterocycles. The van der Waals surface area contributed by atoms with Crippen LogP contribution in [-0.4, -0.2) is 69.2 Å². The molecule has 62 heavy (non-hydrogen) atoms. The van der Waals surface area contributed by atoms with Crippen LogP contribution in [0.3, 0.4) is 0 Å². The van der Waals surface area contributed by atoms with Crippen LogP contribution in [0.1, 0.15) is 86.5 Å². The van der Waals surface area contributed by atoms with Gasteiger partial charge in [0.15, 0.2) is 0 Å². The maximum Gasteiger partial charge on any atom is 0.410 e. The molecule has 1 aromatic heterocycles. The fourth-order valence-corrected chi connectivity index (χ4v) is 9.73. The van der Waals surface area contributed by atoms with E-state index in [1.807, 2.05) is 81.4 Å². The Morgan fingerprint density at radius 3 is 2.18 bits per heavy atom. The largest absolute Gasteiger partial charge is 0.453 e. The van der Waals surface area contributed by atoms with Crippen LogP contribution in [-0.2, 0) is 27.4 Å². The summed E-state index contributed by atoms with van der Waals surface area (Å²) in [5, 5.41) is 3.21. The molecule has 3 aliphatic rings. The molecule has 0 bridgehead atoms. The van der Waals surface area contributed by atoms with Crippen molar-refractivity contribution in [3.63, 3.8) is 0 Å². The van der Waals surface area contributed by atoms with Gasteiger partial charge >= 0.3 is 12.2 Å². The van der Waals surface area contributed by atoms with Crippen LogP contribution in [0.15, 0.2) is 115 Å². The summed E-state index contributed by atoms with van der Waals surface area (Å²) >= 11 is 0. The Hall–Kier alpha value is -6.69. The number of amides is 3. The first-order valence-electron chi connectivity index (χ1n) is 21.3. The van der Waals surface area contributed by atoms with E-state index < -0.39 is 17.2 Å². The number of hydrogen-bond donors (Lipinski definition) is 2. The number of benzene rings is 5. The van der Waals surface area contributed by atoms with Crippen LogP contribution in [0.4, 0.5) is 25.4 Å². The summed E-state index contributed by atoms with van der Waals surface area (Å²) in [4.78, 5) is 55.3. The topological polar surface area (TPSA) is 120 Å². The Morgan fingerprint density at radius 1 is 0.839 bits per heavy atom. The second-order valence-electron chi connectivity index (χ2n) is 17.5. The predicted molar refractivity (Wildman–Crippen MR) is 237 cm³/mol. The first-order chi connectivity index (χ1) is 29.9. The van der Waals surface area contributed by atoms with Gasteiger partial charge in [-0.3, -0.25) is 14.6 Å². The molecular weight excluding hydrogens is 784 g/mol. The molecule has 0 unspecified atom stereocenters. The number of anilines is 2. The molecule has 3 amide bonds. The van der Waals surface area contributed by atoms with Crippen molar-refractivity contribution in [3.05, 3.63) is 149 Å². The van der Waals surface area contributed by atoms with Crippen molar-refractivity contribution in [1.82, 2.24) is 19.8 Å². The minimum absolute atomic E-state index is 0.198. The number of hydrogen-bond acceptors (Lipinski definition) is 7. The van der Waals surface area contributed by atoms with Crippen molar-refractivity contribution >= 4 is 40.5 Å². The number of imidazole rings is 1. The number of carbonyl (C=O) groups is 3. The molecule has 2 N–H and O–H groups in total. The Kier molecular flexibility index (Phi) is 10.7. The fraction of sp³-hybridized carbons (Fsp3) is 0.320. The lowest BCUT2D eigenvalue weighted by Gasteiger charge is -2.41. The molecular formula is C50H51FN6O5. The summed E-state index contributed by atoms with van der Waals surface area (Å²) in [5.41, 5.74) is 7.47. The lowest BCUT2D eigenvalue weighted by molar-refractivity contribution is -0.126. The van der Waals surface area contributed by atoms with E-state index in [4.69, 9.17) is 14.5 Å². The van der Waals surface area contributed by atoms with Gasteiger partial charge in [-0.25, -0.2) is 19.0 Å². The number of carbonyl (C=O) groups excluding carboxylic acids is 3. The number of nitrogens with zero attached hydrogens (tertiary/aromatic N) is 4. The number of rotatable bonds is 9. The third-order valence-electron chi connectivity index (χ3n) is 12.4. The molecule has 12 heteroatoms. The van der Waals surface area contributed by atoms with Crippen molar-refractivity contribution < 1.29 is 28.2 Å². The SMILES string of the molecule is COC(=O)N1CCC[C@@]1(C(=O)Nc1ccc(CN(Cc2ccc3nc([C@@H]4CCCN4C(=O)OC(C)(C)C)[nH]c3c2)c2ccc(F)cc2)cc1)C1c2ccccc2-c2ccccc21. The average molecular weight is 835 g/mol. The minimum atomic E-state index is -1.22. The molecule has 318 valence electrons. The van der Waals surface area contributed by atoms with Crippen LogP contribution >= 0.6 is 0 Å². The number of aromatic amines is 1. The predicted octanol–water partition coefficient (Wildman–Crippen LogP) is 10.3. The summed E-state index contributed by atoms with van der Waals surface area (Å²) in [6, 6.07) is 36.4. The van der Waals surface area contributed by atoms with E-state index in [9.17, 15) is 18.8 Å². The molecule has 0 saturated carbocycles. The number of halogens is 1. The quantitative estimate of drug-likeness (QED) is 0.149. The lowest BCUT2D eigenvalue weighted by atomic mass is 9.75. The highest BCUT2D eigenvalue weighted by Gasteiger charge is 2.58. The van der Waals surface area contributed by atoms with Gasteiger partial charge in [-0.2, -0.15) is 0 Å². The van der Waals surface area contributed by atoms with E-state index in [-0.39, 0.29) is 29.8 Å². The molecule has 11 nitrogen and oxygen atoms in total. The third kappa shape index (κ3) is 7.63. The van der Waals surface area contributed by atoms with E-state index in [1.165, 1.54) is 19.2 Å². The van der Waals surface area contributed by atoms with Gasteiger partial charge < -0.3 is 24.7 Å². The maximum atomic E-state index is 14.9. The fourth-order valence-electron chi connectivity index (χ4n) is 9.73. The number of ether oxygens (including phenoxy) is 2. The van der Waals surface area contributed by atoms with Crippen molar-refractivity contribution in [2.24, 2.45) is 0 Å². The molecule has 0 radical (unpaired) electrons. The van der Waals surface area contributed by atoms with Gasteiger partial charge in [0.1, 0.15) is 22.8 Å². The first-order valence-corrected chi connectivity index (χ1v) is 21.3. The molecule has 0 spiro atoms. The van der Waals surface area contributed by atoms with E-state index >= 15 is 0 Å². The first kappa shape index (κ1) is 40.7. The van der Waals surface area contributed by atoms with Crippen LogP contribution in [0.2, 0.25) is 0 Å². The zero-order valence-corrected chi connectivity index (χ0v) is 35.5. The zero-order valence-electron chi connectivity index (χ0n) is 35.5. The lowest BCUT2D eigenvalue weighted by Crippen LogP contribution is -2.59. The highest BCUT2D eigenvalue weighted by atomic mass is 19.1. The van der Waals surface area contributed by atoms with Gasteiger partial charge in [0, 0.05) is 43.5 Å². The molecule has 6 aromatic rings. The highest BCUT2D eigenvalue weighted by molar-refractivity contribution is 6.03. The Labute approximate surface area is 360 Å². The summed E-state index contributed by atoms with van der Waals surface area (Å²) in [5.74, 6) is -0.233. The van der Waals surface area contributed by atoms with Crippen molar-refractivity contribution in [3.8, 4) is 11.1 Å². The van der Waals surface area contributed by atoms with Gasteiger partial charge in [-0.1, -0.05) is 66.7 Å². The average Bonchev–Trinajstić information content (AvgIpc) is 4.08. The van der Waals surface area contributed by atoms with Gasteiger partial charge in [-0.15, -0.1) is 0 Å². The molecule has 2 aliphatic heterocycles. The second kappa shape index (κ2) is 16.3. The normalized spacial score (nSPS) is 18.4. The number of H-pyrrole nitrogens is 1. The Balaban J connectivity index is 0.959. The van der Waals surface area contributed by atoms with Crippen molar-refractivity contribution in [2.75, 3.05) is 30.4 Å². The van der Waals surface area contributed by atoms with Gasteiger partial charge in [0.2, 0.25) is 0 Å². The van der Waals surface area contributed by atoms with Gasteiger partial charge in [0.05, 0.1) is 24.2 Å². The molecule has 1 aliphatic carbocycles. The maximum absolute atomic E-state index is 14.9. The Morgan fingerprint density at radius 2 is 1.50 bits per heavy atom. The molecule has 9 rings (SSSR count). The number of likely N-dealkylation sites (tertiary alicyclic amines) is 2. The summed E-state index contributed by atoms with van der Waals surface area (Å²) in [6.07, 6.45) is 1.93. The van der Waals surface area contributed by atoms with Gasteiger partial charge in [0.25, 0.3) is 5.91 Å². The van der Waals surface area contributed by atoms with E-state index in [0.717, 1.165) is 68.8 Å². The van der Waals surface area contributed by atoms with Crippen molar-refractivity contribution in [1.29, 1.82) is 0 Å². The molecule has 2 fully saturated rings. The smallest absolute Gasteiger partial charge is 0.410 e. The Bertz CT molecular complexity index is 2590. The van der Waals surface area contributed by atoms with Crippen LogP contribution in [0, 0.1) is 5.82 Å². The summed E-state index contributed by atoms with van der Waals surface area (Å²) in [7, 11) is 1.36. The zero-order chi connectivity index (χ0) is 43.2. The standard InChI is InChI=1S/C50H51FN6O5/c1-49(2,3)62-47(59)56-27-9-15-43(56)45-53-41-25-18-33(29-42(41)54-45)31-55(36-23-19-34(51)20-24-36)30-32-16-21-35(22-17-32)52-46(58)50(26-10-28-57(50)48(60)61-4)44-39-13-7-5-11-37(39)38-12-6-8-14-40(38)44/h5-8,11-14,16-25,29,43-44H,9-10,15,26-28,30-31H2,1-4H3,(H,52,58)(H,53,54)/t43-,50-/m0/s1. The minimum Gasteiger partial charge on any atom is -0.453 e. The van der Waals surface area contributed by atoms with Gasteiger partial charge in [-0.05, 0) is 128 Å². The molecule has 5 aromatic carbocycles. The van der Waals surface area contributed by atoms with E-state index in [0.29, 0.717) is 44.7 Å². The number of fused-ring (bicyclic) bond motifs is 4. The molecule has 2 atom stereocenters. The van der Waals surface area contributed by atoms with E-state index in [2.05, 4.69) is 45.5 Å². The summed E-state index contributed by atoms with van der Waals surface area (Å²) < 4.78 is 25.1. The van der Waals surface area contributed by atoms with Crippen LogP contribution < -0.4 is 10.2 Å². The van der Waals surface area contributed by atoms with Crippen LogP contribution in [0.5, 0.6) is 0 Å². The monoisotopic (exact) mass is 834 g/mol. The summed E-state index contributed by atoms with van der Waals surface area (Å²) in [6.45, 7) is 7.63. The van der Waals surface area contributed by atoms with Crippen molar-refractivity contribution in [2.45, 2.75) is 82.6 Å². The second-order valence-corrected chi connectivity index (χ2v) is 17.5. The number of nitrogens with one attached hydrogen (secondary N) is 2. The molecule has 2 saturated heterocycles. The third-order valence-corrected chi connectivity index (χ3v) is 12.4. The van der Waals surface area contributed by atoms with E-state index in [1.54, 1.807) is 21.9 Å². The number of methoxy groups -OCH3 is 1. The van der Waals surface area contributed by atoms with Crippen LogP contribution in [0.25, 0.3) is 22.2 Å². The highest BCUT2D eigenvalue weighted by Crippen LogP contribution is 2.54.